The molecule has 2 rings (SSSR count). The van der Waals surface area contributed by atoms with E-state index in [-0.39, 0.29) is 18.8 Å². The maximum Gasteiger partial charge on any atom is 0.308 e. The highest BCUT2D eigenvalue weighted by molar-refractivity contribution is 5.85. The highest BCUT2D eigenvalue weighted by Crippen LogP contribution is 2.62. The lowest BCUT2D eigenvalue weighted by molar-refractivity contribution is -0.144. The molecule has 5 unspecified atom stereocenters. The van der Waals surface area contributed by atoms with Crippen molar-refractivity contribution in [3.05, 3.63) is 0 Å². The van der Waals surface area contributed by atoms with Crippen LogP contribution < -0.4 is 5.73 Å². The van der Waals surface area contributed by atoms with Crippen molar-refractivity contribution in [2.45, 2.75) is 18.1 Å². The van der Waals surface area contributed by atoms with Crippen LogP contribution in [0.5, 0.6) is 0 Å². The van der Waals surface area contributed by atoms with Gasteiger partial charge in [-0.05, 0) is 6.42 Å². The third-order valence-corrected chi connectivity index (χ3v) is 3.43. The summed E-state index contributed by atoms with van der Waals surface area (Å²) >= 11 is 0. The van der Waals surface area contributed by atoms with Crippen LogP contribution in [0.1, 0.15) is 6.42 Å². The normalized spacial score (nSPS) is 46.5. The Morgan fingerprint density at radius 1 is 1.27 bits per heavy atom. The summed E-state index contributed by atoms with van der Waals surface area (Å²) in [6, 6.07) is 0. The molecular formula is C8H12ClNO5. The Hall–Kier alpha value is -0.850. The summed E-state index contributed by atoms with van der Waals surface area (Å²) < 4.78 is 0. The van der Waals surface area contributed by atoms with Gasteiger partial charge in [0, 0.05) is 11.5 Å². The lowest BCUT2D eigenvalue weighted by Crippen LogP contribution is -2.39. The summed E-state index contributed by atoms with van der Waals surface area (Å²) in [7, 11) is 0. The number of fused-ring (bicyclic) bond motifs is 1. The number of carboxylic acids is 2. The van der Waals surface area contributed by atoms with Gasteiger partial charge in [0.25, 0.3) is 0 Å². The van der Waals surface area contributed by atoms with Gasteiger partial charge in [0.2, 0.25) is 0 Å². The van der Waals surface area contributed by atoms with Crippen LogP contribution in [0.4, 0.5) is 0 Å². The van der Waals surface area contributed by atoms with Crippen molar-refractivity contribution in [3.63, 3.8) is 0 Å². The second-order valence-electron chi connectivity index (χ2n) is 4.04. The average Bonchev–Trinajstić information content (AvgIpc) is 2.60. The van der Waals surface area contributed by atoms with Gasteiger partial charge in [0.05, 0.1) is 17.9 Å². The second-order valence-corrected chi connectivity index (χ2v) is 4.04. The van der Waals surface area contributed by atoms with Crippen LogP contribution >= 0.6 is 12.4 Å². The van der Waals surface area contributed by atoms with E-state index in [9.17, 15) is 14.7 Å². The molecule has 5 N–H and O–H groups in total. The second kappa shape index (κ2) is 3.33. The molecule has 0 aromatic carbocycles. The minimum Gasteiger partial charge on any atom is -0.481 e. The third-order valence-electron chi connectivity index (χ3n) is 3.43. The molecule has 0 spiro atoms. The Labute approximate surface area is 91.5 Å². The van der Waals surface area contributed by atoms with Crippen LogP contribution in [0.2, 0.25) is 0 Å². The van der Waals surface area contributed by atoms with Crippen LogP contribution in [0.15, 0.2) is 0 Å². The van der Waals surface area contributed by atoms with Gasteiger partial charge in [-0.15, -0.1) is 12.4 Å². The lowest BCUT2D eigenvalue weighted by Gasteiger charge is -2.16. The molecule has 0 amide bonds. The number of rotatable bonds is 2. The maximum absolute atomic E-state index is 10.8. The zero-order valence-corrected chi connectivity index (χ0v) is 8.48. The van der Waals surface area contributed by atoms with Gasteiger partial charge in [0.15, 0.2) is 0 Å². The zero-order valence-electron chi connectivity index (χ0n) is 7.66. The standard InChI is InChI=1S/C8H11NO5.ClH/c9-8-2(6(11)12)1-3(10)4(8)5(8)7(13)14;/h2-5,10H,1,9H2,(H,11,12)(H,13,14);1H. The first-order valence-corrected chi connectivity index (χ1v) is 4.33. The summed E-state index contributed by atoms with van der Waals surface area (Å²) in [5.74, 6) is -4.70. The predicted molar refractivity (Wildman–Crippen MR) is 50.5 cm³/mol. The monoisotopic (exact) mass is 237 g/mol. The van der Waals surface area contributed by atoms with Crippen molar-refractivity contribution in [1.82, 2.24) is 0 Å². The molecule has 2 aliphatic carbocycles. The van der Waals surface area contributed by atoms with E-state index in [4.69, 9.17) is 15.9 Å². The van der Waals surface area contributed by atoms with E-state index in [2.05, 4.69) is 0 Å². The first kappa shape index (κ1) is 12.2. The molecule has 7 heteroatoms. The Morgan fingerprint density at radius 3 is 2.13 bits per heavy atom. The van der Waals surface area contributed by atoms with Gasteiger partial charge in [0.1, 0.15) is 0 Å². The van der Waals surface area contributed by atoms with Gasteiger partial charge in [-0.25, -0.2) is 0 Å². The van der Waals surface area contributed by atoms with Crippen LogP contribution in [0.25, 0.3) is 0 Å². The number of halogens is 1. The van der Waals surface area contributed by atoms with Crippen molar-refractivity contribution in [1.29, 1.82) is 0 Å². The summed E-state index contributed by atoms with van der Waals surface area (Å²) in [6.45, 7) is 0. The average molecular weight is 238 g/mol. The molecule has 2 aliphatic rings. The quantitative estimate of drug-likeness (QED) is 0.484. The molecular weight excluding hydrogens is 226 g/mol. The first-order chi connectivity index (χ1) is 6.40. The van der Waals surface area contributed by atoms with E-state index in [1.165, 1.54) is 0 Å². The number of hydrogen-bond donors (Lipinski definition) is 4. The molecule has 0 aromatic rings. The maximum atomic E-state index is 10.8. The summed E-state index contributed by atoms with van der Waals surface area (Å²) in [4.78, 5) is 21.5. The molecule has 6 nitrogen and oxygen atoms in total. The molecule has 0 aromatic heterocycles. The summed E-state index contributed by atoms with van der Waals surface area (Å²) in [5.41, 5.74) is 4.47. The minimum atomic E-state index is -1.24. The molecule has 2 fully saturated rings. The number of carboxylic acid groups (broad SMARTS) is 2. The highest BCUT2D eigenvalue weighted by Gasteiger charge is 2.77. The van der Waals surface area contributed by atoms with E-state index in [0.717, 1.165) is 0 Å². The summed E-state index contributed by atoms with van der Waals surface area (Å²) in [6.07, 6.45) is -0.845. The third kappa shape index (κ3) is 1.32. The van der Waals surface area contributed by atoms with E-state index < -0.39 is 41.3 Å². The molecule has 0 aliphatic heterocycles. The summed E-state index contributed by atoms with van der Waals surface area (Å²) in [5, 5.41) is 27.0. The first-order valence-electron chi connectivity index (χ1n) is 4.33. The molecule has 5 atom stereocenters. The molecule has 15 heavy (non-hydrogen) atoms. The Morgan fingerprint density at radius 2 is 1.80 bits per heavy atom. The van der Waals surface area contributed by atoms with E-state index in [1.807, 2.05) is 0 Å². The van der Waals surface area contributed by atoms with E-state index in [0.29, 0.717) is 0 Å². The van der Waals surface area contributed by atoms with Gasteiger partial charge < -0.3 is 21.1 Å². The molecule has 86 valence electrons. The van der Waals surface area contributed by atoms with Crippen molar-refractivity contribution < 1.29 is 24.9 Å². The molecule has 0 saturated heterocycles. The van der Waals surface area contributed by atoms with Crippen LogP contribution in [0.3, 0.4) is 0 Å². The fourth-order valence-electron chi connectivity index (χ4n) is 2.73. The predicted octanol–water partition coefficient (Wildman–Crippen LogP) is -1.10. The smallest absolute Gasteiger partial charge is 0.308 e. The Balaban J connectivity index is 0.00000112. The number of aliphatic hydroxyl groups is 1. The fraction of sp³-hybridized carbons (Fsp3) is 0.750. The SMILES string of the molecule is Cl.NC12C(C(=O)O)CC(O)C1C2C(=O)O. The largest absolute Gasteiger partial charge is 0.481 e. The highest BCUT2D eigenvalue weighted by atomic mass is 35.5. The number of carbonyl (C=O) groups is 2. The minimum absolute atomic E-state index is 0. The Bertz CT molecular complexity index is 322. The molecule has 2 saturated carbocycles. The molecule has 0 radical (unpaired) electrons. The van der Waals surface area contributed by atoms with Crippen LogP contribution in [0, 0.1) is 17.8 Å². The number of hydrogen-bond acceptors (Lipinski definition) is 4. The van der Waals surface area contributed by atoms with Crippen LogP contribution in [-0.2, 0) is 9.59 Å². The topological polar surface area (TPSA) is 121 Å². The van der Waals surface area contributed by atoms with Crippen LogP contribution in [-0.4, -0.2) is 38.9 Å². The van der Waals surface area contributed by atoms with Gasteiger partial charge in [-0.3, -0.25) is 9.59 Å². The van der Waals surface area contributed by atoms with E-state index in [1.54, 1.807) is 0 Å². The van der Waals surface area contributed by atoms with Crippen molar-refractivity contribution >= 4 is 24.3 Å². The van der Waals surface area contributed by atoms with Gasteiger partial charge >= 0.3 is 11.9 Å². The number of nitrogens with two attached hydrogens (primary N) is 1. The lowest BCUT2D eigenvalue weighted by atomic mass is 9.95. The number of aliphatic hydroxyl groups excluding tert-OH is 1. The Kier molecular flexibility index (Phi) is 2.71. The van der Waals surface area contributed by atoms with Gasteiger partial charge in [-0.2, -0.15) is 0 Å². The van der Waals surface area contributed by atoms with E-state index >= 15 is 0 Å². The van der Waals surface area contributed by atoms with Gasteiger partial charge in [-0.1, -0.05) is 0 Å². The van der Waals surface area contributed by atoms with Crippen molar-refractivity contribution in [2.24, 2.45) is 23.5 Å². The fourth-order valence-corrected chi connectivity index (χ4v) is 2.73. The van der Waals surface area contributed by atoms with Crippen molar-refractivity contribution in [3.8, 4) is 0 Å². The number of aliphatic carboxylic acids is 2. The van der Waals surface area contributed by atoms with Crippen molar-refractivity contribution in [2.75, 3.05) is 0 Å². The zero-order chi connectivity index (χ0) is 10.7. The molecule has 0 bridgehead atoms. The molecule has 0 heterocycles.